The summed E-state index contributed by atoms with van der Waals surface area (Å²) in [6, 6.07) is 6.64. The van der Waals surface area contributed by atoms with E-state index in [-0.39, 0.29) is 40.9 Å². The van der Waals surface area contributed by atoms with Crippen LogP contribution in [0.25, 0.3) is 0 Å². The largest absolute Gasteiger partial charge is 1.00 e. The van der Waals surface area contributed by atoms with Gasteiger partial charge in [-0.05, 0) is 0 Å². The van der Waals surface area contributed by atoms with Crippen LogP contribution in [0.2, 0.25) is 0 Å². The van der Waals surface area contributed by atoms with Crippen LogP contribution in [0.1, 0.15) is 57.1 Å². The molecule has 0 amide bonds. The molecule has 0 bridgehead atoms. The van der Waals surface area contributed by atoms with Crippen LogP contribution in [-0.2, 0) is 16.1 Å². The first-order valence-electron chi connectivity index (χ1n) is 7.00. The van der Waals surface area contributed by atoms with Crippen molar-refractivity contribution in [2.75, 3.05) is 0 Å². The molecule has 1 aromatic rings. The molecule has 21 heavy (non-hydrogen) atoms. The molecule has 0 atom stereocenters. The average molecular weight is 362 g/mol. The van der Waals surface area contributed by atoms with Gasteiger partial charge in [0, 0.05) is 0 Å². The summed E-state index contributed by atoms with van der Waals surface area (Å²) in [4.78, 5) is 0. The Morgan fingerprint density at radius 1 is 1.00 bits per heavy atom. The van der Waals surface area contributed by atoms with Crippen molar-refractivity contribution in [1.82, 2.24) is 0 Å². The summed E-state index contributed by atoms with van der Waals surface area (Å²) in [5.41, 5.74) is 4.06. The number of halogens is 2. The van der Waals surface area contributed by atoms with Crippen molar-refractivity contribution in [2.45, 2.75) is 46.0 Å². The summed E-state index contributed by atoms with van der Waals surface area (Å²) in [6.07, 6.45) is 7.71. The molecule has 2 rings (SSSR count). The van der Waals surface area contributed by atoms with Gasteiger partial charge >= 0.3 is 123 Å². The van der Waals surface area contributed by atoms with Crippen LogP contribution < -0.4 is 24.8 Å². The summed E-state index contributed by atoms with van der Waals surface area (Å²) in [6.45, 7) is 9.02. The monoisotopic (exact) mass is 361 g/mol. The van der Waals surface area contributed by atoms with Crippen LogP contribution in [0.5, 0.6) is 0 Å². The fourth-order valence-electron chi connectivity index (χ4n) is 2.25. The molecular weight excluding hydrogens is 340 g/mol. The van der Waals surface area contributed by atoms with Crippen molar-refractivity contribution in [3.8, 4) is 0 Å². The van der Waals surface area contributed by atoms with Gasteiger partial charge in [-0.25, -0.2) is 0 Å². The second-order valence-corrected chi connectivity index (χ2v) is 7.11. The second-order valence-electron chi connectivity index (χ2n) is 5.58. The summed E-state index contributed by atoms with van der Waals surface area (Å²) in [5.74, 6) is 1.07. The molecular formula is C17H22Cl2NV. The molecule has 0 radical (unpaired) electrons. The Labute approximate surface area is 148 Å². The van der Waals surface area contributed by atoms with Gasteiger partial charge in [0.1, 0.15) is 0 Å². The van der Waals surface area contributed by atoms with E-state index in [1.165, 1.54) is 21.1 Å². The van der Waals surface area contributed by atoms with Crippen molar-refractivity contribution in [3.63, 3.8) is 0 Å². The molecule has 0 aliphatic heterocycles. The maximum absolute atomic E-state index is 5.02. The SMILES string of the molecule is CC(C)c1cccc(C(C)C)c1/[N]=[V+2]/[C]1=CC=CC1.[Cl-].[Cl-]. The summed E-state index contributed by atoms with van der Waals surface area (Å²) < 4.78 is 6.52. The first kappa shape index (κ1) is 20.7. The van der Waals surface area contributed by atoms with Gasteiger partial charge in [0.25, 0.3) is 0 Å². The molecule has 0 N–H and O–H groups in total. The van der Waals surface area contributed by atoms with E-state index in [0.29, 0.717) is 11.8 Å². The van der Waals surface area contributed by atoms with Gasteiger partial charge in [0.2, 0.25) is 0 Å². The van der Waals surface area contributed by atoms with Crippen LogP contribution >= 0.6 is 0 Å². The molecule has 0 saturated heterocycles. The fraction of sp³-hybridized carbons (Fsp3) is 0.412. The molecule has 0 spiro atoms. The minimum Gasteiger partial charge on any atom is -1.00 e. The molecule has 0 saturated carbocycles. The van der Waals surface area contributed by atoms with E-state index < -0.39 is 0 Å². The van der Waals surface area contributed by atoms with E-state index in [9.17, 15) is 0 Å². The van der Waals surface area contributed by atoms with E-state index >= 15 is 0 Å². The van der Waals surface area contributed by atoms with E-state index in [2.05, 4.69) is 64.1 Å². The fourth-order valence-corrected chi connectivity index (χ4v) is 3.50. The number of hydrogen-bond acceptors (Lipinski definition) is 1. The predicted molar refractivity (Wildman–Crippen MR) is 78.5 cm³/mol. The van der Waals surface area contributed by atoms with Gasteiger partial charge in [-0.1, -0.05) is 0 Å². The maximum atomic E-state index is 5.02. The van der Waals surface area contributed by atoms with Crippen molar-refractivity contribution in [1.29, 1.82) is 0 Å². The third-order valence-corrected chi connectivity index (χ3v) is 4.76. The predicted octanol–water partition coefficient (Wildman–Crippen LogP) is -0.317. The molecule has 0 heterocycles. The van der Waals surface area contributed by atoms with E-state index in [0.717, 1.165) is 6.42 Å². The minimum atomic E-state index is -0.0635. The first-order valence-corrected chi connectivity index (χ1v) is 8.32. The molecule has 1 aromatic carbocycles. The van der Waals surface area contributed by atoms with Crippen LogP contribution in [0.15, 0.2) is 44.5 Å². The smallest absolute Gasteiger partial charge is 1.00 e. The topological polar surface area (TPSA) is 12.4 Å². The molecule has 1 nitrogen and oxygen atoms in total. The molecule has 1 aliphatic carbocycles. The molecule has 4 heteroatoms. The molecule has 0 fully saturated rings. The third kappa shape index (κ3) is 5.41. The Bertz CT molecular complexity index is 519. The van der Waals surface area contributed by atoms with Gasteiger partial charge < -0.3 is 24.8 Å². The first-order chi connectivity index (χ1) is 9.09. The van der Waals surface area contributed by atoms with Gasteiger partial charge in [-0.3, -0.25) is 0 Å². The normalized spacial score (nSPS) is 13.1. The van der Waals surface area contributed by atoms with Crippen molar-refractivity contribution in [2.24, 2.45) is 3.79 Å². The standard InChI is InChI=1S/C12H17N.C5H5.2ClH.V/c1-8(2)10-6-5-7-11(9(3)4)12(10)13;1-2-4-5-3-1;;;/h5-9H,1-4H3;1-3H,4H2;2*1H;/q;;;;+2/p-2. The molecule has 0 unspecified atom stereocenters. The zero-order valence-corrected chi connectivity index (χ0v) is 15.9. The van der Waals surface area contributed by atoms with Crippen LogP contribution in [0.4, 0.5) is 5.69 Å². The number of nitrogens with zero attached hydrogens (tertiary/aromatic N) is 1. The Kier molecular flexibility index (Phi) is 9.48. The Balaban J connectivity index is 0.00000200. The quantitative estimate of drug-likeness (QED) is 0.697. The Hall–Kier alpha value is -0.336. The number of hydrogen-bond donors (Lipinski definition) is 0. The summed E-state index contributed by atoms with van der Waals surface area (Å²) in [7, 11) is 0. The minimum absolute atomic E-state index is 0. The molecule has 0 aromatic heterocycles. The van der Waals surface area contributed by atoms with Gasteiger partial charge in [0.15, 0.2) is 0 Å². The Morgan fingerprint density at radius 2 is 1.57 bits per heavy atom. The third-order valence-electron chi connectivity index (χ3n) is 3.37. The summed E-state index contributed by atoms with van der Waals surface area (Å²) >= 11 is -0.0635. The number of allylic oxidation sites excluding steroid dienone is 4. The van der Waals surface area contributed by atoms with Crippen LogP contribution in [0, 0.1) is 0 Å². The summed E-state index contributed by atoms with van der Waals surface area (Å²) in [5, 5.41) is 0. The average Bonchev–Trinajstić information content (AvgIpc) is 2.88. The Morgan fingerprint density at radius 3 is 2.00 bits per heavy atom. The molecule has 1 aliphatic rings. The van der Waals surface area contributed by atoms with Gasteiger partial charge in [-0.15, -0.1) is 0 Å². The maximum Gasteiger partial charge on any atom is -1.00 e. The van der Waals surface area contributed by atoms with Crippen molar-refractivity contribution in [3.05, 3.63) is 51.8 Å². The van der Waals surface area contributed by atoms with Crippen molar-refractivity contribution >= 4 is 5.69 Å². The van der Waals surface area contributed by atoms with Gasteiger partial charge in [0.05, 0.1) is 0 Å². The van der Waals surface area contributed by atoms with Crippen molar-refractivity contribution < 1.29 is 40.9 Å². The zero-order chi connectivity index (χ0) is 13.8. The second kappa shape index (κ2) is 9.63. The molecule has 114 valence electrons. The number of benzene rings is 1. The van der Waals surface area contributed by atoms with E-state index in [1.54, 1.807) is 0 Å². The zero-order valence-electron chi connectivity index (χ0n) is 13.0. The van der Waals surface area contributed by atoms with Crippen LogP contribution in [0.3, 0.4) is 0 Å². The van der Waals surface area contributed by atoms with E-state index in [1.807, 2.05) is 0 Å². The van der Waals surface area contributed by atoms with E-state index in [4.69, 9.17) is 3.79 Å². The number of rotatable bonds is 4. The van der Waals surface area contributed by atoms with Crippen LogP contribution in [-0.4, -0.2) is 0 Å². The van der Waals surface area contributed by atoms with Gasteiger partial charge in [-0.2, -0.15) is 0 Å².